The lowest BCUT2D eigenvalue weighted by atomic mass is 10.1. The highest BCUT2D eigenvalue weighted by Gasteiger charge is 2.24. The molecule has 0 aliphatic carbocycles. The number of benzene rings is 2. The molecule has 1 amide bonds. The number of carbonyl (C=O) groups is 1. The summed E-state index contributed by atoms with van der Waals surface area (Å²) in [6.07, 6.45) is 1.05. The molecule has 1 saturated heterocycles. The molecule has 0 bridgehead atoms. The predicted molar refractivity (Wildman–Crippen MR) is 151 cm³/mol. The van der Waals surface area contributed by atoms with Gasteiger partial charge < -0.3 is 28.9 Å². The second kappa shape index (κ2) is 14.0. The summed E-state index contributed by atoms with van der Waals surface area (Å²) in [7, 11) is 3.34. The van der Waals surface area contributed by atoms with Crippen LogP contribution in [0.25, 0.3) is 0 Å². The van der Waals surface area contributed by atoms with E-state index >= 15 is 0 Å². The van der Waals surface area contributed by atoms with E-state index < -0.39 is 0 Å². The highest BCUT2D eigenvalue weighted by Crippen LogP contribution is 2.29. The van der Waals surface area contributed by atoms with Crippen molar-refractivity contribution >= 4 is 28.3 Å². The summed E-state index contributed by atoms with van der Waals surface area (Å²) in [6.45, 7) is 7.36. The summed E-state index contributed by atoms with van der Waals surface area (Å²) in [4.78, 5) is 24.2. The van der Waals surface area contributed by atoms with Gasteiger partial charge in [0.15, 0.2) is 0 Å². The Morgan fingerprint density at radius 3 is 2.63 bits per heavy atom. The van der Waals surface area contributed by atoms with Crippen LogP contribution in [0.1, 0.15) is 24.7 Å². The van der Waals surface area contributed by atoms with E-state index in [2.05, 4.69) is 20.2 Å². The zero-order chi connectivity index (χ0) is 26.7. The van der Waals surface area contributed by atoms with Crippen LogP contribution < -0.4 is 19.3 Å². The van der Waals surface area contributed by atoms with Gasteiger partial charge in [0.05, 0.1) is 26.0 Å². The van der Waals surface area contributed by atoms with Crippen molar-refractivity contribution < 1.29 is 19.0 Å². The first kappa shape index (κ1) is 27.7. The number of hydrogen-bond acceptors (Lipinski definition) is 9. The maximum absolute atomic E-state index is 13.1. The first-order chi connectivity index (χ1) is 18.6. The number of rotatable bonds is 13. The van der Waals surface area contributed by atoms with E-state index in [1.807, 2.05) is 54.3 Å². The van der Waals surface area contributed by atoms with Crippen molar-refractivity contribution in [2.75, 3.05) is 76.5 Å². The van der Waals surface area contributed by atoms with E-state index in [0.29, 0.717) is 52.2 Å². The molecule has 204 valence electrons. The van der Waals surface area contributed by atoms with Crippen LogP contribution in [0.15, 0.2) is 48.5 Å². The molecule has 1 aliphatic heterocycles. The quantitative estimate of drug-likeness (QED) is 0.325. The third-order valence-corrected chi connectivity index (χ3v) is 7.34. The molecule has 0 saturated carbocycles. The van der Waals surface area contributed by atoms with Gasteiger partial charge in [-0.05, 0) is 36.8 Å². The van der Waals surface area contributed by atoms with Crippen LogP contribution in [-0.4, -0.2) is 86.9 Å². The molecule has 4 rings (SSSR count). The standard InChI is InChI=1S/C28H37N5O4S/c1-4-37-25-11-6-5-10-24(25)31-14-16-32(17-15-31)27(34)12-13-33(18-19-35-2)28-29-26(30-38-28)21-22-8-7-9-23(20-22)36-3/h5-11,20H,4,12-19,21H2,1-3H3. The third kappa shape index (κ3) is 7.35. The minimum atomic E-state index is 0.159. The van der Waals surface area contributed by atoms with Gasteiger partial charge in [0.2, 0.25) is 11.0 Å². The van der Waals surface area contributed by atoms with Crippen molar-refractivity contribution in [2.45, 2.75) is 19.8 Å². The number of para-hydroxylation sites is 2. The number of aromatic nitrogens is 2. The van der Waals surface area contributed by atoms with Gasteiger partial charge in [-0.3, -0.25) is 4.79 Å². The minimum absolute atomic E-state index is 0.159. The minimum Gasteiger partial charge on any atom is -0.497 e. The third-order valence-electron chi connectivity index (χ3n) is 6.52. The largest absolute Gasteiger partial charge is 0.497 e. The van der Waals surface area contributed by atoms with Crippen molar-refractivity contribution in [1.82, 2.24) is 14.3 Å². The molecule has 2 heterocycles. The Morgan fingerprint density at radius 2 is 1.87 bits per heavy atom. The number of piperazine rings is 1. The van der Waals surface area contributed by atoms with E-state index in [1.165, 1.54) is 11.5 Å². The lowest BCUT2D eigenvalue weighted by Gasteiger charge is -2.37. The number of amides is 1. The second-order valence-electron chi connectivity index (χ2n) is 9.02. The summed E-state index contributed by atoms with van der Waals surface area (Å²) in [5.74, 6) is 2.63. The first-order valence-corrected chi connectivity index (χ1v) is 13.8. The zero-order valence-electron chi connectivity index (χ0n) is 22.5. The number of methoxy groups -OCH3 is 2. The fourth-order valence-corrected chi connectivity index (χ4v) is 5.23. The fourth-order valence-electron chi connectivity index (χ4n) is 4.50. The van der Waals surface area contributed by atoms with Gasteiger partial charge in [-0.2, -0.15) is 4.37 Å². The SMILES string of the molecule is CCOc1ccccc1N1CCN(C(=O)CCN(CCOC)c2nc(Cc3cccc(OC)c3)ns2)CC1. The Labute approximate surface area is 229 Å². The molecule has 1 aromatic heterocycles. The number of carbonyl (C=O) groups excluding carboxylic acids is 1. The number of anilines is 2. The zero-order valence-corrected chi connectivity index (χ0v) is 23.3. The molecule has 0 spiro atoms. The van der Waals surface area contributed by atoms with Crippen molar-refractivity contribution in [3.63, 3.8) is 0 Å². The average Bonchev–Trinajstić information content (AvgIpc) is 3.41. The van der Waals surface area contributed by atoms with Gasteiger partial charge in [0.25, 0.3) is 0 Å². The van der Waals surface area contributed by atoms with Crippen LogP contribution >= 0.6 is 11.5 Å². The summed E-state index contributed by atoms with van der Waals surface area (Å²) >= 11 is 1.36. The van der Waals surface area contributed by atoms with Crippen LogP contribution in [0.4, 0.5) is 10.8 Å². The Bertz CT molecular complexity index is 1170. The Hall–Kier alpha value is -3.37. The summed E-state index contributed by atoms with van der Waals surface area (Å²) in [5.41, 5.74) is 2.18. The molecule has 10 heteroatoms. The number of nitrogens with zero attached hydrogens (tertiary/aromatic N) is 5. The topological polar surface area (TPSA) is 80.3 Å². The Kier molecular flexibility index (Phi) is 10.2. The van der Waals surface area contributed by atoms with Crippen LogP contribution in [-0.2, 0) is 16.0 Å². The molecule has 1 aliphatic rings. The van der Waals surface area contributed by atoms with E-state index in [-0.39, 0.29) is 5.91 Å². The molecule has 0 unspecified atom stereocenters. The van der Waals surface area contributed by atoms with Gasteiger partial charge >= 0.3 is 0 Å². The molecular weight excluding hydrogens is 502 g/mol. The van der Waals surface area contributed by atoms with Crippen molar-refractivity contribution in [3.8, 4) is 11.5 Å². The molecule has 0 radical (unpaired) electrons. The molecule has 9 nitrogen and oxygen atoms in total. The number of hydrogen-bond donors (Lipinski definition) is 0. The molecule has 2 aromatic carbocycles. The van der Waals surface area contributed by atoms with Crippen molar-refractivity contribution in [3.05, 3.63) is 59.9 Å². The number of ether oxygens (including phenoxy) is 3. The summed E-state index contributed by atoms with van der Waals surface area (Å²) in [5, 5.41) is 0.810. The average molecular weight is 540 g/mol. The van der Waals surface area contributed by atoms with E-state index in [9.17, 15) is 4.79 Å². The van der Waals surface area contributed by atoms with Crippen LogP contribution in [0.5, 0.6) is 11.5 Å². The molecule has 38 heavy (non-hydrogen) atoms. The van der Waals surface area contributed by atoms with Crippen molar-refractivity contribution in [2.24, 2.45) is 0 Å². The maximum Gasteiger partial charge on any atom is 0.224 e. The molecule has 1 fully saturated rings. The monoisotopic (exact) mass is 539 g/mol. The van der Waals surface area contributed by atoms with E-state index in [4.69, 9.17) is 19.2 Å². The molecular formula is C28H37N5O4S. The van der Waals surface area contributed by atoms with Crippen molar-refractivity contribution in [1.29, 1.82) is 0 Å². The molecule has 0 atom stereocenters. The van der Waals surface area contributed by atoms with E-state index in [1.54, 1.807) is 14.2 Å². The Balaban J connectivity index is 1.32. The Morgan fingerprint density at radius 1 is 1.05 bits per heavy atom. The van der Waals surface area contributed by atoms with Gasteiger partial charge in [0.1, 0.15) is 17.3 Å². The van der Waals surface area contributed by atoms with Crippen LogP contribution in [0.3, 0.4) is 0 Å². The van der Waals surface area contributed by atoms with Gasteiger partial charge in [-0.15, -0.1) is 0 Å². The highest BCUT2D eigenvalue weighted by molar-refractivity contribution is 7.09. The normalized spacial score (nSPS) is 13.4. The highest BCUT2D eigenvalue weighted by atomic mass is 32.1. The van der Waals surface area contributed by atoms with Crippen LogP contribution in [0, 0.1) is 0 Å². The van der Waals surface area contributed by atoms with Gasteiger partial charge in [-0.25, -0.2) is 4.98 Å². The molecule has 3 aromatic rings. The predicted octanol–water partition coefficient (Wildman–Crippen LogP) is 3.73. The van der Waals surface area contributed by atoms with E-state index in [0.717, 1.165) is 46.8 Å². The lowest BCUT2D eigenvalue weighted by Crippen LogP contribution is -2.49. The summed E-state index contributed by atoms with van der Waals surface area (Å²) in [6, 6.07) is 16.0. The maximum atomic E-state index is 13.1. The van der Waals surface area contributed by atoms with Gasteiger partial charge in [-0.1, -0.05) is 24.3 Å². The van der Waals surface area contributed by atoms with Gasteiger partial charge in [0, 0.05) is 70.8 Å². The molecule has 0 N–H and O–H groups in total. The smallest absolute Gasteiger partial charge is 0.224 e. The summed E-state index contributed by atoms with van der Waals surface area (Å²) < 4.78 is 21.0. The second-order valence-corrected chi connectivity index (χ2v) is 9.75. The van der Waals surface area contributed by atoms with Crippen LogP contribution in [0.2, 0.25) is 0 Å². The first-order valence-electron chi connectivity index (χ1n) is 13.0. The lowest BCUT2D eigenvalue weighted by molar-refractivity contribution is -0.131. The fraction of sp³-hybridized carbons (Fsp3) is 0.464.